The van der Waals surface area contributed by atoms with E-state index in [2.05, 4.69) is 5.10 Å². The molecule has 0 bridgehead atoms. The molecule has 0 spiro atoms. The summed E-state index contributed by atoms with van der Waals surface area (Å²) in [6.45, 7) is 2.82. The van der Waals surface area contributed by atoms with Crippen molar-refractivity contribution >= 4 is 15.7 Å². The SMILES string of the molecule is CCn1cc([C@@H]2CS(=O)(=O)CCN2C(=O)c2cccc3c2OCO3)cn1. The van der Waals surface area contributed by atoms with E-state index in [4.69, 9.17) is 9.47 Å². The molecule has 0 saturated carbocycles. The Morgan fingerprint density at radius 3 is 2.96 bits per heavy atom. The van der Waals surface area contributed by atoms with Crippen molar-refractivity contribution in [1.29, 1.82) is 0 Å². The highest BCUT2D eigenvalue weighted by Gasteiger charge is 2.37. The number of carbonyl (C=O) groups excluding carboxylic acids is 1. The maximum atomic E-state index is 13.2. The fourth-order valence-corrected chi connectivity index (χ4v) is 4.80. The summed E-state index contributed by atoms with van der Waals surface area (Å²) in [5.41, 5.74) is 1.10. The number of rotatable bonds is 3. The summed E-state index contributed by atoms with van der Waals surface area (Å²) in [6, 6.07) is 4.57. The van der Waals surface area contributed by atoms with Crippen molar-refractivity contribution in [3.05, 3.63) is 41.7 Å². The lowest BCUT2D eigenvalue weighted by atomic mass is 10.1. The number of carbonyl (C=O) groups is 1. The summed E-state index contributed by atoms with van der Waals surface area (Å²) in [5, 5.41) is 4.22. The van der Waals surface area contributed by atoms with Gasteiger partial charge < -0.3 is 14.4 Å². The number of amides is 1. The number of nitrogens with zero attached hydrogens (tertiary/aromatic N) is 3. The Bertz CT molecular complexity index is 953. The van der Waals surface area contributed by atoms with Crippen LogP contribution in [0.3, 0.4) is 0 Å². The first-order valence-electron chi connectivity index (χ1n) is 8.41. The van der Waals surface area contributed by atoms with Gasteiger partial charge in [-0.05, 0) is 19.1 Å². The molecule has 1 fully saturated rings. The lowest BCUT2D eigenvalue weighted by Gasteiger charge is -2.35. The number of aromatic nitrogens is 2. The van der Waals surface area contributed by atoms with Gasteiger partial charge in [0, 0.05) is 24.8 Å². The van der Waals surface area contributed by atoms with Gasteiger partial charge in [0.1, 0.15) is 0 Å². The molecule has 9 heteroatoms. The van der Waals surface area contributed by atoms with Crippen LogP contribution in [0.1, 0.15) is 28.9 Å². The largest absolute Gasteiger partial charge is 0.454 e. The summed E-state index contributed by atoms with van der Waals surface area (Å²) in [7, 11) is -3.22. The van der Waals surface area contributed by atoms with Gasteiger partial charge in [-0.25, -0.2) is 8.42 Å². The molecule has 8 nitrogen and oxygen atoms in total. The summed E-state index contributed by atoms with van der Waals surface area (Å²) >= 11 is 0. The third kappa shape index (κ3) is 2.92. The lowest BCUT2D eigenvalue weighted by molar-refractivity contribution is 0.0693. The van der Waals surface area contributed by atoms with Crippen LogP contribution in [-0.2, 0) is 16.4 Å². The monoisotopic (exact) mass is 377 g/mol. The van der Waals surface area contributed by atoms with E-state index in [0.717, 1.165) is 0 Å². The molecule has 1 aromatic carbocycles. The minimum absolute atomic E-state index is 0.0520. The average Bonchev–Trinajstić information content (AvgIpc) is 3.29. The number of ether oxygens (including phenoxy) is 2. The van der Waals surface area contributed by atoms with Crippen LogP contribution < -0.4 is 9.47 Å². The first-order chi connectivity index (χ1) is 12.5. The minimum Gasteiger partial charge on any atom is -0.454 e. The van der Waals surface area contributed by atoms with E-state index in [-0.39, 0.29) is 30.8 Å². The molecule has 1 amide bonds. The number of fused-ring (bicyclic) bond motifs is 1. The Morgan fingerprint density at radius 1 is 1.35 bits per heavy atom. The Hall–Kier alpha value is -2.55. The molecular weight excluding hydrogens is 358 g/mol. The fraction of sp³-hybridized carbons (Fsp3) is 0.412. The van der Waals surface area contributed by atoms with Crippen LogP contribution >= 0.6 is 0 Å². The molecule has 1 aromatic heterocycles. The molecular formula is C17H19N3O5S. The van der Waals surface area contributed by atoms with Crippen LogP contribution in [-0.4, -0.2) is 53.8 Å². The number of para-hydroxylation sites is 1. The van der Waals surface area contributed by atoms with Crippen molar-refractivity contribution in [2.75, 3.05) is 24.8 Å². The normalized spacial score (nSPS) is 21.0. The maximum absolute atomic E-state index is 13.2. The first kappa shape index (κ1) is 16.9. The van der Waals surface area contributed by atoms with E-state index in [1.807, 2.05) is 6.92 Å². The van der Waals surface area contributed by atoms with Crippen molar-refractivity contribution in [3.63, 3.8) is 0 Å². The standard InChI is InChI=1S/C17H19N3O5S/c1-2-19-9-12(8-18-19)14-10-26(22,23)7-6-20(14)17(21)13-4-3-5-15-16(13)25-11-24-15/h3-5,8-9,14H,2,6-7,10-11H2,1H3/t14-/m0/s1. The zero-order valence-electron chi connectivity index (χ0n) is 14.3. The number of aryl methyl sites for hydroxylation is 1. The maximum Gasteiger partial charge on any atom is 0.258 e. The number of hydrogen-bond acceptors (Lipinski definition) is 6. The predicted molar refractivity (Wildman–Crippen MR) is 92.9 cm³/mol. The molecule has 2 aromatic rings. The Kier molecular flexibility index (Phi) is 4.10. The summed E-state index contributed by atoms with van der Waals surface area (Å²) in [5.74, 6) is 0.505. The van der Waals surface area contributed by atoms with Gasteiger partial charge in [0.25, 0.3) is 5.91 Å². The van der Waals surface area contributed by atoms with Crippen LogP contribution in [0, 0.1) is 0 Å². The topological polar surface area (TPSA) is 90.7 Å². The van der Waals surface area contributed by atoms with Crippen LogP contribution in [0.4, 0.5) is 0 Å². The number of benzene rings is 1. The van der Waals surface area contributed by atoms with Gasteiger partial charge in [0.05, 0.1) is 29.3 Å². The highest BCUT2D eigenvalue weighted by atomic mass is 32.2. The zero-order valence-corrected chi connectivity index (χ0v) is 15.1. The van der Waals surface area contributed by atoms with Crippen molar-refractivity contribution in [1.82, 2.24) is 14.7 Å². The predicted octanol–water partition coefficient (Wildman–Crippen LogP) is 1.24. The van der Waals surface area contributed by atoms with Crippen LogP contribution in [0.2, 0.25) is 0 Å². The van der Waals surface area contributed by atoms with E-state index < -0.39 is 15.9 Å². The molecule has 1 atom stereocenters. The van der Waals surface area contributed by atoms with E-state index in [1.54, 1.807) is 40.2 Å². The van der Waals surface area contributed by atoms with E-state index in [0.29, 0.717) is 29.2 Å². The molecule has 26 heavy (non-hydrogen) atoms. The summed E-state index contributed by atoms with van der Waals surface area (Å²) < 4.78 is 36.9. The summed E-state index contributed by atoms with van der Waals surface area (Å²) in [4.78, 5) is 14.8. The minimum atomic E-state index is -3.22. The first-order valence-corrected chi connectivity index (χ1v) is 10.2. The van der Waals surface area contributed by atoms with Crippen molar-refractivity contribution in [2.24, 2.45) is 0 Å². The van der Waals surface area contributed by atoms with E-state index in [1.165, 1.54) is 0 Å². The van der Waals surface area contributed by atoms with E-state index in [9.17, 15) is 13.2 Å². The Balaban J connectivity index is 1.71. The zero-order chi connectivity index (χ0) is 18.3. The molecule has 4 rings (SSSR count). The fourth-order valence-electron chi connectivity index (χ4n) is 3.30. The quantitative estimate of drug-likeness (QED) is 0.799. The van der Waals surface area contributed by atoms with Gasteiger partial charge in [-0.15, -0.1) is 0 Å². The van der Waals surface area contributed by atoms with Crippen molar-refractivity contribution < 1.29 is 22.7 Å². The van der Waals surface area contributed by atoms with Gasteiger partial charge in [0.15, 0.2) is 21.3 Å². The second-order valence-corrected chi connectivity index (χ2v) is 8.53. The smallest absolute Gasteiger partial charge is 0.258 e. The number of sulfone groups is 1. The second kappa shape index (κ2) is 6.31. The molecule has 3 heterocycles. The molecule has 0 N–H and O–H groups in total. The van der Waals surface area contributed by atoms with Crippen LogP contribution in [0.25, 0.3) is 0 Å². The third-order valence-corrected chi connectivity index (χ3v) is 6.31. The number of hydrogen-bond donors (Lipinski definition) is 0. The summed E-state index contributed by atoms with van der Waals surface area (Å²) in [6.07, 6.45) is 3.42. The Morgan fingerprint density at radius 2 is 2.19 bits per heavy atom. The molecule has 0 radical (unpaired) electrons. The van der Waals surface area contributed by atoms with Gasteiger partial charge in [-0.3, -0.25) is 9.48 Å². The molecule has 2 aliphatic heterocycles. The van der Waals surface area contributed by atoms with Gasteiger partial charge in [0.2, 0.25) is 6.79 Å². The van der Waals surface area contributed by atoms with Gasteiger partial charge in [-0.1, -0.05) is 6.07 Å². The Labute approximate surface area is 151 Å². The highest BCUT2D eigenvalue weighted by molar-refractivity contribution is 7.91. The molecule has 0 unspecified atom stereocenters. The molecule has 0 aliphatic carbocycles. The highest BCUT2D eigenvalue weighted by Crippen LogP contribution is 2.37. The van der Waals surface area contributed by atoms with Crippen molar-refractivity contribution in [2.45, 2.75) is 19.5 Å². The van der Waals surface area contributed by atoms with Gasteiger partial charge in [-0.2, -0.15) is 5.10 Å². The van der Waals surface area contributed by atoms with Crippen LogP contribution in [0.5, 0.6) is 11.5 Å². The van der Waals surface area contributed by atoms with E-state index >= 15 is 0 Å². The van der Waals surface area contributed by atoms with Crippen molar-refractivity contribution in [3.8, 4) is 11.5 Å². The molecule has 138 valence electrons. The van der Waals surface area contributed by atoms with Gasteiger partial charge >= 0.3 is 0 Å². The molecule has 1 saturated heterocycles. The average molecular weight is 377 g/mol. The second-order valence-electron chi connectivity index (χ2n) is 6.30. The third-order valence-electron chi connectivity index (χ3n) is 4.68. The van der Waals surface area contributed by atoms with Crippen LogP contribution in [0.15, 0.2) is 30.6 Å². The molecule has 2 aliphatic rings. The lowest BCUT2D eigenvalue weighted by Crippen LogP contribution is -2.46.